The summed E-state index contributed by atoms with van der Waals surface area (Å²) in [7, 11) is 0. The molecule has 0 unspecified atom stereocenters. The van der Waals surface area contributed by atoms with Gasteiger partial charge in [-0.1, -0.05) is 238 Å². The van der Waals surface area contributed by atoms with E-state index >= 15 is 0 Å². The van der Waals surface area contributed by atoms with Crippen LogP contribution in [0.15, 0.2) is 170 Å². The van der Waals surface area contributed by atoms with Gasteiger partial charge in [-0.2, -0.15) is 0 Å². The standard InChI is InChI=1S/C73H81N/c1-69(2,3)58-40-53(38-54(41-58)55-39-56(43-59(42-55)70(4,5)6)57-44-60(71(7,8)9)46-61(45-57)72(10,11)12)52-30-34-63(35-31-52)74(64-36-37-66-65-22-18-19-23-67(65)73(13,14)68(66)47-64)62-32-28-51(29-33-62)50-26-24-49(25-27-50)48-20-16-15-17-21-48/h18-19,22-48H,15-17,20-21H2,1-14H3. The molecule has 2 aliphatic rings. The van der Waals surface area contributed by atoms with Crippen LogP contribution in [-0.2, 0) is 27.1 Å². The highest BCUT2D eigenvalue weighted by Gasteiger charge is 2.36. The third kappa shape index (κ3) is 10.2. The fourth-order valence-electron chi connectivity index (χ4n) is 11.7. The summed E-state index contributed by atoms with van der Waals surface area (Å²) in [6.07, 6.45) is 6.73. The van der Waals surface area contributed by atoms with Crippen LogP contribution in [0.3, 0.4) is 0 Å². The maximum Gasteiger partial charge on any atom is 0.0465 e. The smallest absolute Gasteiger partial charge is 0.0465 e. The van der Waals surface area contributed by atoms with E-state index in [2.05, 4.69) is 272 Å². The van der Waals surface area contributed by atoms with E-state index in [0.29, 0.717) is 5.92 Å². The summed E-state index contributed by atoms with van der Waals surface area (Å²) in [5.74, 6) is 0.707. The topological polar surface area (TPSA) is 3.24 Å². The minimum atomic E-state index is -0.111. The molecule has 0 N–H and O–H groups in total. The molecule has 0 spiro atoms. The quantitative estimate of drug-likeness (QED) is 0.147. The number of hydrogen-bond acceptors (Lipinski definition) is 1. The van der Waals surface area contributed by atoms with Crippen molar-refractivity contribution in [3.63, 3.8) is 0 Å². The first-order valence-corrected chi connectivity index (χ1v) is 27.8. The van der Waals surface area contributed by atoms with Crippen LogP contribution in [0.5, 0.6) is 0 Å². The van der Waals surface area contributed by atoms with E-state index in [-0.39, 0.29) is 27.1 Å². The molecule has 2 aliphatic carbocycles. The van der Waals surface area contributed by atoms with Crippen LogP contribution in [-0.4, -0.2) is 0 Å². The minimum absolute atomic E-state index is 0.0270. The predicted molar refractivity (Wildman–Crippen MR) is 321 cm³/mol. The van der Waals surface area contributed by atoms with Crippen molar-refractivity contribution in [1.82, 2.24) is 0 Å². The lowest BCUT2D eigenvalue weighted by Crippen LogP contribution is -2.16. The van der Waals surface area contributed by atoms with Crippen LogP contribution >= 0.6 is 0 Å². The SMILES string of the molecule is CC(C)(C)c1cc(-c2ccc(N(c3ccc(-c4ccc(C5CCCCC5)cc4)cc3)c3ccc4c(c3)C(C)(C)c3ccccc3-4)cc2)cc(-c2cc(-c3cc(C(C)(C)C)cc(C(C)(C)C)c3)cc(C(C)(C)C)c2)c1. The Morgan fingerprint density at radius 1 is 0.338 bits per heavy atom. The summed E-state index contributed by atoms with van der Waals surface area (Å²) < 4.78 is 0. The zero-order chi connectivity index (χ0) is 52.5. The van der Waals surface area contributed by atoms with Crippen LogP contribution in [0.25, 0.3) is 55.6 Å². The summed E-state index contributed by atoms with van der Waals surface area (Å²) in [6.45, 7) is 32.8. The first kappa shape index (κ1) is 51.1. The maximum absolute atomic E-state index is 2.45. The van der Waals surface area contributed by atoms with Crippen LogP contribution < -0.4 is 4.90 Å². The first-order valence-electron chi connectivity index (χ1n) is 27.8. The fraction of sp³-hybridized carbons (Fsp3) is 0.342. The highest BCUT2D eigenvalue weighted by Crippen LogP contribution is 2.51. The van der Waals surface area contributed by atoms with Gasteiger partial charge in [0.15, 0.2) is 0 Å². The van der Waals surface area contributed by atoms with Crippen molar-refractivity contribution in [3.05, 3.63) is 209 Å². The van der Waals surface area contributed by atoms with Gasteiger partial charge in [0.05, 0.1) is 0 Å². The van der Waals surface area contributed by atoms with Crippen molar-refractivity contribution in [3.8, 4) is 55.6 Å². The van der Waals surface area contributed by atoms with E-state index < -0.39 is 0 Å². The van der Waals surface area contributed by atoms with Gasteiger partial charge in [0, 0.05) is 22.5 Å². The maximum atomic E-state index is 2.45. The largest absolute Gasteiger partial charge is 0.310 e. The molecule has 1 fully saturated rings. The lowest BCUT2D eigenvalue weighted by molar-refractivity contribution is 0.443. The third-order valence-corrected chi connectivity index (χ3v) is 16.7. The molecule has 0 atom stereocenters. The van der Waals surface area contributed by atoms with E-state index in [1.165, 1.54) is 127 Å². The number of nitrogens with zero attached hydrogens (tertiary/aromatic N) is 1. The molecule has 378 valence electrons. The van der Waals surface area contributed by atoms with Gasteiger partial charge in [-0.05, 0) is 184 Å². The molecule has 0 radical (unpaired) electrons. The molecule has 1 heteroatoms. The Morgan fingerprint density at radius 3 is 1.16 bits per heavy atom. The average Bonchev–Trinajstić information content (AvgIpc) is 3.60. The van der Waals surface area contributed by atoms with Crippen molar-refractivity contribution in [2.75, 3.05) is 4.90 Å². The molecule has 0 aromatic heterocycles. The van der Waals surface area contributed by atoms with E-state index in [0.717, 1.165) is 17.1 Å². The Hall–Kier alpha value is -6.44. The highest BCUT2D eigenvalue weighted by molar-refractivity contribution is 5.87. The number of benzene rings is 8. The van der Waals surface area contributed by atoms with Crippen molar-refractivity contribution in [1.29, 1.82) is 0 Å². The van der Waals surface area contributed by atoms with E-state index in [9.17, 15) is 0 Å². The second-order valence-electron chi connectivity index (χ2n) is 26.7. The monoisotopic (exact) mass is 972 g/mol. The van der Waals surface area contributed by atoms with Crippen LogP contribution in [0.2, 0.25) is 0 Å². The van der Waals surface area contributed by atoms with Crippen molar-refractivity contribution >= 4 is 17.1 Å². The molecular weight excluding hydrogens is 891 g/mol. The Bertz CT molecular complexity index is 3290. The highest BCUT2D eigenvalue weighted by atomic mass is 15.1. The predicted octanol–water partition coefficient (Wildman–Crippen LogP) is 21.4. The molecule has 1 saturated carbocycles. The molecule has 1 nitrogen and oxygen atoms in total. The molecule has 0 saturated heterocycles. The van der Waals surface area contributed by atoms with E-state index in [1.54, 1.807) is 0 Å². The second kappa shape index (κ2) is 19.0. The lowest BCUT2D eigenvalue weighted by atomic mass is 9.77. The summed E-state index contributed by atoms with van der Waals surface area (Å²) >= 11 is 0. The van der Waals surface area contributed by atoms with Crippen molar-refractivity contribution < 1.29 is 0 Å². The summed E-state index contributed by atoms with van der Waals surface area (Å²) in [4.78, 5) is 2.45. The van der Waals surface area contributed by atoms with Crippen LogP contribution in [0.1, 0.15) is 174 Å². The van der Waals surface area contributed by atoms with Crippen LogP contribution in [0, 0.1) is 0 Å². The fourth-order valence-corrected chi connectivity index (χ4v) is 11.7. The van der Waals surface area contributed by atoms with Gasteiger partial charge < -0.3 is 4.90 Å². The number of hydrogen-bond donors (Lipinski definition) is 0. The number of fused-ring (bicyclic) bond motifs is 3. The molecule has 8 aromatic carbocycles. The van der Waals surface area contributed by atoms with E-state index in [1.807, 2.05) is 0 Å². The first-order chi connectivity index (χ1) is 34.9. The van der Waals surface area contributed by atoms with Gasteiger partial charge in [0.1, 0.15) is 0 Å². The zero-order valence-corrected chi connectivity index (χ0v) is 47.2. The minimum Gasteiger partial charge on any atom is -0.310 e. The Morgan fingerprint density at radius 2 is 0.703 bits per heavy atom. The normalized spacial score (nSPS) is 14.9. The molecule has 74 heavy (non-hydrogen) atoms. The van der Waals surface area contributed by atoms with Crippen molar-refractivity contribution in [2.24, 2.45) is 0 Å². The molecular formula is C73H81N. The second-order valence-corrected chi connectivity index (χ2v) is 26.7. The van der Waals surface area contributed by atoms with E-state index in [4.69, 9.17) is 0 Å². The van der Waals surface area contributed by atoms with Gasteiger partial charge in [-0.25, -0.2) is 0 Å². The summed E-state index contributed by atoms with van der Waals surface area (Å²) in [5, 5.41) is 0. The Balaban J connectivity index is 1.06. The summed E-state index contributed by atoms with van der Waals surface area (Å²) in [6, 6.07) is 66.0. The molecule has 0 bridgehead atoms. The molecule has 0 heterocycles. The Kier molecular flexibility index (Phi) is 13.1. The Labute approximate surface area is 446 Å². The lowest BCUT2D eigenvalue weighted by Gasteiger charge is -2.28. The van der Waals surface area contributed by atoms with Gasteiger partial charge in [0.2, 0.25) is 0 Å². The molecule has 0 amide bonds. The van der Waals surface area contributed by atoms with Crippen LogP contribution in [0.4, 0.5) is 17.1 Å². The van der Waals surface area contributed by atoms with Gasteiger partial charge in [0.25, 0.3) is 0 Å². The average molecular weight is 972 g/mol. The molecule has 0 aliphatic heterocycles. The van der Waals surface area contributed by atoms with Gasteiger partial charge in [-0.3, -0.25) is 0 Å². The molecule has 8 aromatic rings. The third-order valence-electron chi connectivity index (χ3n) is 16.7. The zero-order valence-electron chi connectivity index (χ0n) is 47.2. The van der Waals surface area contributed by atoms with Gasteiger partial charge in [-0.15, -0.1) is 0 Å². The number of anilines is 3. The van der Waals surface area contributed by atoms with Gasteiger partial charge >= 0.3 is 0 Å². The van der Waals surface area contributed by atoms with Crippen molar-refractivity contribution in [2.45, 2.75) is 162 Å². The summed E-state index contributed by atoms with van der Waals surface area (Å²) in [5.41, 5.74) is 25.7. The molecule has 10 rings (SSSR count). The number of rotatable bonds is 8.